The van der Waals surface area contributed by atoms with Crippen LogP contribution in [0, 0.1) is 6.92 Å². The first-order chi connectivity index (χ1) is 14.7. The summed E-state index contributed by atoms with van der Waals surface area (Å²) in [7, 11) is 0. The first-order valence-electron chi connectivity index (χ1n) is 9.71. The Hall–Kier alpha value is -3.93. The maximum Gasteiger partial charge on any atom is 0.262 e. The first-order valence-corrected chi connectivity index (χ1v) is 9.71. The SMILES string of the molecule is Cc1nc(-c2cccc(NC(=O)COc3ccccc3Cc3ccccc3)c2)n[nH]1. The number of ether oxygens (including phenoxy) is 1. The fraction of sp³-hybridized carbons (Fsp3) is 0.125. The van der Waals surface area contributed by atoms with Crippen molar-refractivity contribution in [2.45, 2.75) is 13.3 Å². The Balaban J connectivity index is 1.39. The largest absolute Gasteiger partial charge is 0.483 e. The van der Waals surface area contributed by atoms with Crippen LogP contribution in [0.25, 0.3) is 11.4 Å². The van der Waals surface area contributed by atoms with Gasteiger partial charge in [0.15, 0.2) is 12.4 Å². The number of anilines is 1. The number of aromatic nitrogens is 3. The van der Waals surface area contributed by atoms with Crippen LogP contribution in [0.4, 0.5) is 5.69 Å². The number of hydrogen-bond acceptors (Lipinski definition) is 4. The third-order valence-electron chi connectivity index (χ3n) is 4.57. The highest BCUT2D eigenvalue weighted by molar-refractivity contribution is 5.92. The van der Waals surface area contributed by atoms with E-state index in [-0.39, 0.29) is 12.5 Å². The molecule has 0 fully saturated rings. The molecular weight excluding hydrogens is 376 g/mol. The van der Waals surface area contributed by atoms with Gasteiger partial charge < -0.3 is 10.1 Å². The standard InChI is InChI=1S/C24H22N4O2/c1-17-25-24(28-27-17)20-11-7-12-21(15-20)26-23(29)16-30-22-13-6-5-10-19(22)14-18-8-3-2-4-9-18/h2-13,15H,14,16H2,1H3,(H,26,29)(H,25,27,28). The predicted octanol–water partition coefficient (Wildman–Crippen LogP) is 4.39. The number of nitrogens with zero attached hydrogens (tertiary/aromatic N) is 2. The quantitative estimate of drug-likeness (QED) is 0.484. The molecule has 0 saturated carbocycles. The van der Waals surface area contributed by atoms with Crippen LogP contribution in [-0.2, 0) is 11.2 Å². The van der Waals surface area contributed by atoms with Gasteiger partial charge in [-0.1, -0.05) is 60.7 Å². The van der Waals surface area contributed by atoms with Crippen LogP contribution in [0.2, 0.25) is 0 Å². The minimum Gasteiger partial charge on any atom is -0.483 e. The fourth-order valence-electron chi connectivity index (χ4n) is 3.15. The Morgan fingerprint density at radius 1 is 1.00 bits per heavy atom. The molecule has 0 aliphatic rings. The van der Waals surface area contributed by atoms with E-state index in [1.165, 1.54) is 5.56 Å². The number of carbonyl (C=O) groups excluding carboxylic acids is 1. The van der Waals surface area contributed by atoms with Crippen molar-refractivity contribution in [3.8, 4) is 17.1 Å². The Kier molecular flexibility index (Phi) is 5.85. The second-order valence-corrected chi connectivity index (χ2v) is 6.93. The summed E-state index contributed by atoms with van der Waals surface area (Å²) in [5.41, 5.74) is 3.72. The lowest BCUT2D eigenvalue weighted by Gasteiger charge is -2.12. The maximum absolute atomic E-state index is 12.4. The van der Waals surface area contributed by atoms with Crippen molar-refractivity contribution in [3.05, 3.63) is 95.8 Å². The molecule has 1 amide bonds. The van der Waals surface area contributed by atoms with Crippen LogP contribution in [0.1, 0.15) is 17.0 Å². The number of aryl methyl sites for hydroxylation is 1. The summed E-state index contributed by atoms with van der Waals surface area (Å²) in [5.74, 6) is 1.81. The van der Waals surface area contributed by atoms with E-state index in [1.54, 1.807) is 0 Å². The maximum atomic E-state index is 12.4. The van der Waals surface area contributed by atoms with Crippen LogP contribution < -0.4 is 10.1 Å². The third-order valence-corrected chi connectivity index (χ3v) is 4.57. The normalized spacial score (nSPS) is 10.6. The monoisotopic (exact) mass is 398 g/mol. The minimum atomic E-state index is -0.229. The molecule has 0 aliphatic heterocycles. The number of rotatable bonds is 7. The van der Waals surface area contributed by atoms with Gasteiger partial charge in [-0.2, -0.15) is 5.10 Å². The lowest BCUT2D eigenvalue weighted by Crippen LogP contribution is -2.20. The summed E-state index contributed by atoms with van der Waals surface area (Å²) in [5, 5.41) is 9.84. The number of carbonyl (C=O) groups is 1. The second kappa shape index (κ2) is 9.05. The van der Waals surface area contributed by atoms with Gasteiger partial charge in [0, 0.05) is 17.7 Å². The number of aromatic amines is 1. The summed E-state index contributed by atoms with van der Waals surface area (Å²) in [4.78, 5) is 16.8. The molecule has 2 N–H and O–H groups in total. The molecule has 150 valence electrons. The van der Waals surface area contributed by atoms with Crippen LogP contribution in [0.5, 0.6) is 5.75 Å². The highest BCUT2D eigenvalue weighted by Gasteiger charge is 2.09. The average molecular weight is 398 g/mol. The number of amides is 1. The van der Waals surface area contributed by atoms with E-state index in [1.807, 2.05) is 73.7 Å². The smallest absolute Gasteiger partial charge is 0.262 e. The van der Waals surface area contributed by atoms with Crippen LogP contribution in [-0.4, -0.2) is 27.7 Å². The van der Waals surface area contributed by atoms with Crippen molar-refractivity contribution in [1.82, 2.24) is 15.2 Å². The van der Waals surface area contributed by atoms with E-state index in [0.717, 1.165) is 23.4 Å². The van der Waals surface area contributed by atoms with Gasteiger partial charge in [-0.25, -0.2) is 4.98 Å². The lowest BCUT2D eigenvalue weighted by molar-refractivity contribution is -0.118. The van der Waals surface area contributed by atoms with E-state index in [4.69, 9.17) is 4.74 Å². The molecule has 0 atom stereocenters. The molecule has 6 heteroatoms. The summed E-state index contributed by atoms with van der Waals surface area (Å²) in [6.45, 7) is 1.77. The van der Waals surface area contributed by atoms with Gasteiger partial charge >= 0.3 is 0 Å². The van der Waals surface area contributed by atoms with E-state index in [0.29, 0.717) is 17.3 Å². The van der Waals surface area contributed by atoms with Crippen molar-refractivity contribution in [1.29, 1.82) is 0 Å². The molecule has 6 nitrogen and oxygen atoms in total. The molecule has 1 heterocycles. The molecule has 4 aromatic rings. The molecule has 0 spiro atoms. The third kappa shape index (κ3) is 4.91. The van der Waals surface area contributed by atoms with E-state index in [9.17, 15) is 4.79 Å². The van der Waals surface area contributed by atoms with E-state index < -0.39 is 0 Å². The predicted molar refractivity (Wildman–Crippen MR) is 116 cm³/mol. The zero-order valence-corrected chi connectivity index (χ0v) is 16.6. The van der Waals surface area contributed by atoms with Gasteiger partial charge in [0.2, 0.25) is 0 Å². The lowest BCUT2D eigenvalue weighted by atomic mass is 10.0. The number of benzene rings is 3. The first kappa shape index (κ1) is 19.4. The Bertz CT molecular complexity index is 1140. The summed E-state index contributed by atoms with van der Waals surface area (Å²) in [6, 6.07) is 25.4. The summed E-state index contributed by atoms with van der Waals surface area (Å²) in [6.07, 6.45) is 0.747. The van der Waals surface area contributed by atoms with Gasteiger partial charge in [-0.05, 0) is 36.2 Å². The number of H-pyrrole nitrogens is 1. The van der Waals surface area contributed by atoms with Crippen LogP contribution >= 0.6 is 0 Å². The zero-order valence-electron chi connectivity index (χ0n) is 16.6. The topological polar surface area (TPSA) is 79.9 Å². The van der Waals surface area contributed by atoms with Crippen molar-refractivity contribution >= 4 is 11.6 Å². The Morgan fingerprint density at radius 2 is 1.80 bits per heavy atom. The van der Waals surface area contributed by atoms with Crippen LogP contribution in [0.15, 0.2) is 78.9 Å². The fourth-order valence-corrected chi connectivity index (χ4v) is 3.15. The highest BCUT2D eigenvalue weighted by atomic mass is 16.5. The molecule has 0 radical (unpaired) electrons. The van der Waals surface area contributed by atoms with Gasteiger partial charge in [0.25, 0.3) is 5.91 Å². The molecule has 0 unspecified atom stereocenters. The van der Waals surface area contributed by atoms with Crippen molar-refractivity contribution in [2.75, 3.05) is 11.9 Å². The minimum absolute atomic E-state index is 0.0736. The number of para-hydroxylation sites is 1. The Labute approximate surface area is 175 Å². The molecule has 3 aromatic carbocycles. The average Bonchev–Trinajstić information content (AvgIpc) is 3.20. The van der Waals surface area contributed by atoms with Gasteiger partial charge in [-0.3, -0.25) is 9.89 Å². The van der Waals surface area contributed by atoms with Gasteiger partial charge in [-0.15, -0.1) is 0 Å². The van der Waals surface area contributed by atoms with Crippen molar-refractivity contribution in [2.24, 2.45) is 0 Å². The summed E-state index contributed by atoms with van der Waals surface area (Å²) >= 11 is 0. The second-order valence-electron chi connectivity index (χ2n) is 6.93. The molecule has 30 heavy (non-hydrogen) atoms. The molecule has 0 bridgehead atoms. The Morgan fingerprint density at radius 3 is 2.60 bits per heavy atom. The summed E-state index contributed by atoms with van der Waals surface area (Å²) < 4.78 is 5.82. The number of hydrogen-bond donors (Lipinski definition) is 2. The van der Waals surface area contributed by atoms with Gasteiger partial charge in [0.1, 0.15) is 11.6 Å². The van der Waals surface area contributed by atoms with E-state index >= 15 is 0 Å². The molecule has 4 rings (SSSR count). The van der Waals surface area contributed by atoms with Crippen molar-refractivity contribution in [3.63, 3.8) is 0 Å². The molecule has 0 aliphatic carbocycles. The highest BCUT2D eigenvalue weighted by Crippen LogP contribution is 2.22. The van der Waals surface area contributed by atoms with Crippen LogP contribution in [0.3, 0.4) is 0 Å². The zero-order chi connectivity index (χ0) is 20.8. The molecule has 1 aromatic heterocycles. The van der Waals surface area contributed by atoms with Crippen molar-refractivity contribution < 1.29 is 9.53 Å². The van der Waals surface area contributed by atoms with Gasteiger partial charge in [0.05, 0.1) is 0 Å². The molecule has 0 saturated heterocycles. The van der Waals surface area contributed by atoms with E-state index in [2.05, 4.69) is 32.6 Å². The molecular formula is C24H22N4O2. The number of nitrogens with one attached hydrogen (secondary N) is 2.